The van der Waals surface area contributed by atoms with Crippen LogP contribution in [0, 0.1) is 5.41 Å². The Balaban J connectivity index is 4.88. The number of hydrogen-bond acceptors (Lipinski definition) is 1. The zero-order valence-corrected chi connectivity index (χ0v) is 8.31. The van der Waals surface area contributed by atoms with Gasteiger partial charge in [0.2, 0.25) is 0 Å². The largest absolute Gasteiger partial charge is 0.303 e. The van der Waals surface area contributed by atoms with E-state index in [0.29, 0.717) is 6.42 Å². The minimum Gasteiger partial charge on any atom is -0.303 e. The fraction of sp³-hybridized carbons (Fsp3) is 0.545. The first-order valence-corrected chi connectivity index (χ1v) is 4.27. The summed E-state index contributed by atoms with van der Waals surface area (Å²) in [6, 6.07) is 0. The van der Waals surface area contributed by atoms with Gasteiger partial charge in [0.05, 0.1) is 0 Å². The highest BCUT2D eigenvalue weighted by Gasteiger charge is 2.29. The van der Waals surface area contributed by atoms with Gasteiger partial charge in [-0.15, -0.1) is 0 Å². The van der Waals surface area contributed by atoms with E-state index in [-0.39, 0.29) is 5.41 Å². The molecule has 0 rings (SSSR count). The lowest BCUT2D eigenvalue weighted by atomic mass is 9.72. The van der Waals surface area contributed by atoms with Crippen LogP contribution in [0.4, 0.5) is 0 Å². The molecule has 0 aliphatic rings. The standard InChI is InChI=1S/C11H18O/c1-6-11(7-8-12,9(2)3)10(4)5/h8H,2,4,6-7H2,1,3,5H3. The molecule has 0 radical (unpaired) electrons. The monoisotopic (exact) mass is 166 g/mol. The van der Waals surface area contributed by atoms with Crippen LogP contribution >= 0.6 is 0 Å². The van der Waals surface area contributed by atoms with Crippen molar-refractivity contribution >= 4 is 6.29 Å². The quantitative estimate of drug-likeness (QED) is 0.453. The number of hydrogen-bond donors (Lipinski definition) is 0. The van der Waals surface area contributed by atoms with Crippen molar-refractivity contribution in [1.29, 1.82) is 0 Å². The zero-order chi connectivity index (χ0) is 9.78. The van der Waals surface area contributed by atoms with Crippen molar-refractivity contribution in [2.24, 2.45) is 5.41 Å². The van der Waals surface area contributed by atoms with Crippen molar-refractivity contribution < 1.29 is 4.79 Å². The van der Waals surface area contributed by atoms with Crippen molar-refractivity contribution in [3.63, 3.8) is 0 Å². The van der Waals surface area contributed by atoms with Crippen LogP contribution < -0.4 is 0 Å². The van der Waals surface area contributed by atoms with E-state index in [0.717, 1.165) is 23.9 Å². The Hall–Kier alpha value is -0.850. The molecule has 0 aromatic heterocycles. The van der Waals surface area contributed by atoms with Gasteiger partial charge < -0.3 is 4.79 Å². The highest BCUT2D eigenvalue weighted by atomic mass is 16.1. The highest BCUT2D eigenvalue weighted by molar-refractivity contribution is 5.54. The SMILES string of the molecule is C=C(C)C(CC)(CC=O)C(=C)C. The molecule has 1 nitrogen and oxygen atoms in total. The van der Waals surface area contributed by atoms with E-state index in [4.69, 9.17) is 0 Å². The molecule has 0 spiro atoms. The van der Waals surface area contributed by atoms with Gasteiger partial charge in [0, 0.05) is 11.8 Å². The van der Waals surface area contributed by atoms with Crippen molar-refractivity contribution in [2.45, 2.75) is 33.6 Å². The molecule has 0 atom stereocenters. The van der Waals surface area contributed by atoms with Gasteiger partial charge in [-0.1, -0.05) is 31.2 Å². The molecular formula is C11H18O. The summed E-state index contributed by atoms with van der Waals surface area (Å²) in [4.78, 5) is 10.5. The van der Waals surface area contributed by atoms with Crippen LogP contribution in [0.3, 0.4) is 0 Å². The fourth-order valence-corrected chi connectivity index (χ4v) is 1.60. The topological polar surface area (TPSA) is 17.1 Å². The van der Waals surface area contributed by atoms with Gasteiger partial charge in [-0.05, 0) is 20.3 Å². The third-order valence-corrected chi connectivity index (χ3v) is 2.67. The molecule has 0 aromatic carbocycles. The summed E-state index contributed by atoms with van der Waals surface area (Å²) in [5.41, 5.74) is 1.90. The van der Waals surface area contributed by atoms with Crippen molar-refractivity contribution in [1.82, 2.24) is 0 Å². The Morgan fingerprint density at radius 1 is 1.33 bits per heavy atom. The second-order valence-corrected chi connectivity index (χ2v) is 3.37. The lowest BCUT2D eigenvalue weighted by Crippen LogP contribution is -2.22. The van der Waals surface area contributed by atoms with E-state index in [1.165, 1.54) is 0 Å². The predicted molar refractivity (Wildman–Crippen MR) is 53.0 cm³/mol. The molecular weight excluding hydrogens is 148 g/mol. The predicted octanol–water partition coefficient (Wildman–Crippen LogP) is 3.12. The van der Waals surface area contributed by atoms with Crippen LogP contribution in [-0.4, -0.2) is 6.29 Å². The average Bonchev–Trinajstić information content (AvgIpc) is 1.98. The van der Waals surface area contributed by atoms with Gasteiger partial charge in [-0.2, -0.15) is 0 Å². The molecule has 1 heteroatoms. The number of aldehydes is 1. The minimum atomic E-state index is -0.165. The van der Waals surface area contributed by atoms with Gasteiger partial charge in [0.25, 0.3) is 0 Å². The summed E-state index contributed by atoms with van der Waals surface area (Å²) >= 11 is 0. The molecule has 0 saturated carbocycles. The summed E-state index contributed by atoms with van der Waals surface area (Å²) in [7, 11) is 0. The Kier molecular flexibility index (Phi) is 3.94. The lowest BCUT2D eigenvalue weighted by molar-refractivity contribution is -0.109. The minimum absolute atomic E-state index is 0.165. The van der Waals surface area contributed by atoms with Crippen molar-refractivity contribution in [3.05, 3.63) is 24.3 Å². The van der Waals surface area contributed by atoms with Crippen LogP contribution in [-0.2, 0) is 4.79 Å². The van der Waals surface area contributed by atoms with Crippen LogP contribution in [0.25, 0.3) is 0 Å². The van der Waals surface area contributed by atoms with Gasteiger partial charge in [0.15, 0.2) is 0 Å². The van der Waals surface area contributed by atoms with E-state index < -0.39 is 0 Å². The van der Waals surface area contributed by atoms with Crippen LogP contribution in [0.15, 0.2) is 24.3 Å². The van der Waals surface area contributed by atoms with Crippen molar-refractivity contribution in [3.8, 4) is 0 Å². The number of carbonyl (C=O) groups excluding carboxylic acids is 1. The summed E-state index contributed by atoms with van der Waals surface area (Å²) in [6.45, 7) is 13.8. The number of rotatable bonds is 5. The molecule has 0 heterocycles. The van der Waals surface area contributed by atoms with E-state index in [9.17, 15) is 4.79 Å². The molecule has 0 amide bonds. The molecule has 0 bridgehead atoms. The lowest BCUT2D eigenvalue weighted by Gasteiger charge is -2.32. The average molecular weight is 166 g/mol. The van der Waals surface area contributed by atoms with Gasteiger partial charge in [0.1, 0.15) is 6.29 Å². The van der Waals surface area contributed by atoms with Crippen LogP contribution in [0.1, 0.15) is 33.6 Å². The maximum Gasteiger partial charge on any atom is 0.121 e. The first-order chi connectivity index (χ1) is 5.51. The smallest absolute Gasteiger partial charge is 0.121 e. The normalized spacial score (nSPS) is 10.9. The van der Waals surface area contributed by atoms with Gasteiger partial charge >= 0.3 is 0 Å². The molecule has 12 heavy (non-hydrogen) atoms. The molecule has 0 fully saturated rings. The maximum absolute atomic E-state index is 10.5. The maximum atomic E-state index is 10.5. The molecule has 0 aliphatic carbocycles. The molecule has 0 saturated heterocycles. The number of allylic oxidation sites excluding steroid dienone is 2. The van der Waals surface area contributed by atoms with E-state index >= 15 is 0 Å². The second kappa shape index (κ2) is 4.24. The summed E-state index contributed by atoms with van der Waals surface area (Å²) in [6.07, 6.45) is 2.36. The van der Waals surface area contributed by atoms with Crippen LogP contribution in [0.5, 0.6) is 0 Å². The molecule has 0 aliphatic heterocycles. The molecule has 0 N–H and O–H groups in total. The Morgan fingerprint density at radius 2 is 1.75 bits per heavy atom. The Labute approximate surface area is 75.2 Å². The Morgan fingerprint density at radius 3 is 1.83 bits per heavy atom. The fourth-order valence-electron chi connectivity index (χ4n) is 1.60. The first-order valence-electron chi connectivity index (χ1n) is 4.27. The van der Waals surface area contributed by atoms with E-state index in [2.05, 4.69) is 20.1 Å². The molecule has 68 valence electrons. The van der Waals surface area contributed by atoms with E-state index in [1.54, 1.807) is 0 Å². The highest BCUT2D eigenvalue weighted by Crippen LogP contribution is 2.39. The first kappa shape index (κ1) is 11.2. The van der Waals surface area contributed by atoms with Gasteiger partial charge in [-0.25, -0.2) is 0 Å². The second-order valence-electron chi connectivity index (χ2n) is 3.37. The van der Waals surface area contributed by atoms with Crippen LogP contribution in [0.2, 0.25) is 0 Å². The third-order valence-electron chi connectivity index (χ3n) is 2.67. The number of carbonyl (C=O) groups is 1. The van der Waals surface area contributed by atoms with E-state index in [1.807, 2.05) is 13.8 Å². The zero-order valence-electron chi connectivity index (χ0n) is 8.31. The van der Waals surface area contributed by atoms with Crippen molar-refractivity contribution in [2.75, 3.05) is 0 Å². The summed E-state index contributed by atoms with van der Waals surface area (Å²) in [5, 5.41) is 0. The third kappa shape index (κ3) is 1.84. The summed E-state index contributed by atoms with van der Waals surface area (Å²) < 4.78 is 0. The molecule has 0 unspecified atom stereocenters. The molecule has 0 aromatic rings. The Bertz CT molecular complexity index is 187. The van der Waals surface area contributed by atoms with Gasteiger partial charge in [-0.3, -0.25) is 0 Å². The summed E-state index contributed by atoms with van der Waals surface area (Å²) in [5.74, 6) is 0.